The molecule has 3 rings (SSSR count). The van der Waals surface area contributed by atoms with Crippen molar-refractivity contribution in [1.29, 1.82) is 0 Å². The van der Waals surface area contributed by atoms with Gasteiger partial charge in [-0.05, 0) is 24.3 Å². The van der Waals surface area contributed by atoms with Crippen molar-refractivity contribution in [3.63, 3.8) is 0 Å². The van der Waals surface area contributed by atoms with Crippen molar-refractivity contribution in [1.82, 2.24) is 15.0 Å². The minimum Gasteiger partial charge on any atom is -0.494 e. The summed E-state index contributed by atoms with van der Waals surface area (Å²) in [5.41, 5.74) is -1.54. The summed E-state index contributed by atoms with van der Waals surface area (Å²) in [5, 5.41) is 11.5. The molecule has 0 saturated carbocycles. The van der Waals surface area contributed by atoms with Crippen LogP contribution in [0.3, 0.4) is 0 Å². The van der Waals surface area contributed by atoms with Crippen LogP contribution in [0.25, 0.3) is 0 Å². The number of hydrogen-bond donors (Lipinski definition) is 4. The number of rotatable bonds is 5. The summed E-state index contributed by atoms with van der Waals surface area (Å²) in [7, 11) is -3.77. The van der Waals surface area contributed by atoms with Gasteiger partial charge in [0.15, 0.2) is 5.13 Å². The number of benzene rings is 1. The molecule has 2 heterocycles. The molecule has 12 heteroatoms. The summed E-state index contributed by atoms with van der Waals surface area (Å²) >= 11 is 1.15. The fraction of sp³-hybridized carbons (Fsp3) is 0. The quantitative estimate of drug-likeness (QED) is 0.469. The molecule has 0 saturated heterocycles. The predicted molar refractivity (Wildman–Crippen MR) is 96.0 cm³/mol. The summed E-state index contributed by atoms with van der Waals surface area (Å²) in [4.78, 5) is 34.4. The number of aliphatic imine (C=N–C) groups is 1. The van der Waals surface area contributed by atoms with Crippen molar-refractivity contribution in [2.75, 3.05) is 4.72 Å². The van der Waals surface area contributed by atoms with Gasteiger partial charge in [-0.1, -0.05) is 0 Å². The molecule has 0 unspecified atom stereocenters. The first-order valence-electron chi connectivity index (χ1n) is 6.97. The van der Waals surface area contributed by atoms with Gasteiger partial charge in [-0.25, -0.2) is 18.2 Å². The number of sulfonamides is 1. The zero-order valence-electron chi connectivity index (χ0n) is 12.8. The first-order chi connectivity index (χ1) is 12.3. The van der Waals surface area contributed by atoms with Gasteiger partial charge in [0.1, 0.15) is 5.56 Å². The molecule has 134 valence electrons. The lowest BCUT2D eigenvalue weighted by atomic mass is 10.3. The fourth-order valence-corrected chi connectivity index (χ4v) is 3.69. The molecule has 0 radical (unpaired) electrons. The van der Waals surface area contributed by atoms with E-state index in [4.69, 9.17) is 0 Å². The molecule has 26 heavy (non-hydrogen) atoms. The molecule has 0 aliphatic carbocycles. The Kier molecular flexibility index (Phi) is 4.69. The van der Waals surface area contributed by atoms with Gasteiger partial charge in [-0.2, -0.15) is 0 Å². The number of H-pyrrole nitrogens is 2. The van der Waals surface area contributed by atoms with Gasteiger partial charge in [0.05, 0.1) is 10.6 Å². The van der Waals surface area contributed by atoms with Crippen molar-refractivity contribution in [2.45, 2.75) is 4.90 Å². The number of hydrogen-bond acceptors (Lipinski definition) is 8. The summed E-state index contributed by atoms with van der Waals surface area (Å²) < 4.78 is 26.8. The molecule has 0 aliphatic rings. The minimum absolute atomic E-state index is 0.0105. The lowest BCUT2D eigenvalue weighted by Crippen LogP contribution is -2.24. The van der Waals surface area contributed by atoms with E-state index in [0.29, 0.717) is 5.69 Å². The van der Waals surface area contributed by atoms with Crippen molar-refractivity contribution >= 4 is 38.4 Å². The Morgan fingerprint density at radius 2 is 1.92 bits per heavy atom. The lowest BCUT2D eigenvalue weighted by Gasteiger charge is -2.05. The van der Waals surface area contributed by atoms with E-state index < -0.39 is 27.2 Å². The molecule has 2 aromatic heterocycles. The normalized spacial score (nSPS) is 11.7. The number of aromatic amines is 2. The van der Waals surface area contributed by atoms with Gasteiger partial charge in [-0.3, -0.25) is 24.5 Å². The highest BCUT2D eigenvalue weighted by Crippen LogP contribution is 2.20. The largest absolute Gasteiger partial charge is 0.494 e. The number of thiazole rings is 1. The second kappa shape index (κ2) is 6.93. The van der Waals surface area contributed by atoms with Crippen LogP contribution in [0.1, 0.15) is 5.56 Å². The zero-order valence-corrected chi connectivity index (χ0v) is 14.5. The summed E-state index contributed by atoms with van der Waals surface area (Å²) in [6.07, 6.45) is 2.54. The maximum atomic E-state index is 12.2. The number of anilines is 1. The van der Waals surface area contributed by atoms with Crippen molar-refractivity contribution in [2.24, 2.45) is 4.99 Å². The van der Waals surface area contributed by atoms with Crippen molar-refractivity contribution < 1.29 is 13.5 Å². The Morgan fingerprint density at radius 1 is 1.19 bits per heavy atom. The van der Waals surface area contributed by atoms with Crippen LogP contribution in [0.15, 0.2) is 55.3 Å². The van der Waals surface area contributed by atoms with Crippen LogP contribution in [0.5, 0.6) is 5.88 Å². The molecule has 0 aliphatic heterocycles. The Balaban J connectivity index is 1.82. The summed E-state index contributed by atoms with van der Waals surface area (Å²) in [6, 6.07) is 5.51. The van der Waals surface area contributed by atoms with Crippen LogP contribution in [0.2, 0.25) is 0 Å². The van der Waals surface area contributed by atoms with Gasteiger partial charge >= 0.3 is 5.69 Å². The molecule has 0 spiro atoms. The number of nitrogens with one attached hydrogen (secondary N) is 3. The van der Waals surface area contributed by atoms with Gasteiger partial charge in [0, 0.05) is 17.8 Å². The maximum Gasteiger partial charge on any atom is 0.328 e. The van der Waals surface area contributed by atoms with Crippen LogP contribution in [-0.2, 0) is 10.0 Å². The molecule has 0 atom stereocenters. The molecule has 0 fully saturated rings. The first-order valence-corrected chi connectivity index (χ1v) is 9.33. The van der Waals surface area contributed by atoms with E-state index in [-0.39, 0.29) is 15.6 Å². The molecule has 1 aromatic carbocycles. The third-order valence-electron chi connectivity index (χ3n) is 3.10. The first kappa shape index (κ1) is 17.6. The monoisotopic (exact) mass is 393 g/mol. The van der Waals surface area contributed by atoms with Gasteiger partial charge in [0.2, 0.25) is 5.88 Å². The van der Waals surface area contributed by atoms with E-state index in [2.05, 4.69) is 14.7 Å². The van der Waals surface area contributed by atoms with Crippen molar-refractivity contribution in [3.8, 4) is 5.88 Å². The highest BCUT2D eigenvalue weighted by molar-refractivity contribution is 7.93. The number of aromatic nitrogens is 3. The third kappa shape index (κ3) is 3.87. The van der Waals surface area contributed by atoms with Gasteiger partial charge < -0.3 is 5.11 Å². The molecule has 0 bridgehead atoms. The van der Waals surface area contributed by atoms with Gasteiger partial charge in [0.25, 0.3) is 15.6 Å². The molecule has 0 amide bonds. The van der Waals surface area contributed by atoms with E-state index in [9.17, 15) is 23.1 Å². The SMILES string of the molecule is O=c1[nH]c(O)c(C=Nc2ccc(S(=O)(=O)Nc3nccs3)cc2)c(=O)[nH]1. The van der Waals surface area contributed by atoms with Crippen molar-refractivity contribution in [3.05, 3.63) is 62.2 Å². The highest BCUT2D eigenvalue weighted by atomic mass is 32.2. The standard InChI is InChI=1S/C14H11N5O5S2/c20-11-10(12(21)18-13(22)17-11)7-16-8-1-3-9(4-2-8)26(23,24)19-14-15-5-6-25-14/h1-7H,(H,15,19)(H3,17,18,20,21,22). The number of nitrogens with zero attached hydrogens (tertiary/aromatic N) is 2. The molecule has 3 aromatic rings. The lowest BCUT2D eigenvalue weighted by molar-refractivity contribution is 0.447. The molecule has 10 nitrogen and oxygen atoms in total. The Hall–Kier alpha value is -3.25. The second-order valence-electron chi connectivity index (χ2n) is 4.87. The third-order valence-corrected chi connectivity index (χ3v) is 5.28. The highest BCUT2D eigenvalue weighted by Gasteiger charge is 2.15. The molecular formula is C14H11N5O5S2. The minimum atomic E-state index is -3.77. The predicted octanol–water partition coefficient (Wildman–Crippen LogP) is 0.777. The maximum absolute atomic E-state index is 12.2. The summed E-state index contributed by atoms with van der Waals surface area (Å²) in [5.74, 6) is -0.616. The Labute approximate surface area is 150 Å². The average Bonchev–Trinajstić information content (AvgIpc) is 3.06. The summed E-state index contributed by atoms with van der Waals surface area (Å²) in [6.45, 7) is 0. The fourth-order valence-electron chi connectivity index (χ4n) is 1.90. The van der Waals surface area contributed by atoms with E-state index in [1.165, 1.54) is 30.5 Å². The van der Waals surface area contributed by atoms with E-state index in [0.717, 1.165) is 17.6 Å². The van der Waals surface area contributed by atoms with E-state index >= 15 is 0 Å². The smallest absolute Gasteiger partial charge is 0.328 e. The number of aromatic hydroxyl groups is 1. The zero-order chi connectivity index (χ0) is 18.7. The van der Waals surface area contributed by atoms with Crippen LogP contribution in [-0.4, -0.2) is 34.7 Å². The van der Waals surface area contributed by atoms with E-state index in [1.807, 2.05) is 9.97 Å². The van der Waals surface area contributed by atoms with Gasteiger partial charge in [-0.15, -0.1) is 11.3 Å². The second-order valence-corrected chi connectivity index (χ2v) is 7.44. The Bertz CT molecular complexity index is 1160. The molecular weight excluding hydrogens is 382 g/mol. The van der Waals surface area contributed by atoms with Crippen LogP contribution < -0.4 is 16.0 Å². The van der Waals surface area contributed by atoms with Crippen LogP contribution in [0.4, 0.5) is 10.8 Å². The van der Waals surface area contributed by atoms with E-state index in [1.54, 1.807) is 5.38 Å². The Morgan fingerprint density at radius 3 is 2.54 bits per heavy atom. The van der Waals surface area contributed by atoms with Crippen LogP contribution in [0, 0.1) is 0 Å². The average molecular weight is 393 g/mol. The molecule has 4 N–H and O–H groups in total. The van der Waals surface area contributed by atoms with Crippen LogP contribution >= 0.6 is 11.3 Å². The topological polar surface area (TPSA) is 157 Å².